The van der Waals surface area contributed by atoms with Crippen LogP contribution >= 0.6 is 0 Å². The molecule has 0 aliphatic carbocycles. The summed E-state index contributed by atoms with van der Waals surface area (Å²) in [4.78, 5) is 14.2. The fourth-order valence-electron chi connectivity index (χ4n) is 2.98. The van der Waals surface area contributed by atoms with Crippen LogP contribution in [0.4, 0.5) is 4.79 Å². The van der Waals surface area contributed by atoms with Crippen LogP contribution in [0.3, 0.4) is 0 Å². The number of likely N-dealkylation sites (tertiary alicyclic amines) is 1. The van der Waals surface area contributed by atoms with E-state index < -0.39 is 5.60 Å². The van der Waals surface area contributed by atoms with Crippen LogP contribution in [0.5, 0.6) is 0 Å². The quantitative estimate of drug-likeness (QED) is 0.870. The number of rotatable bonds is 3. The maximum absolute atomic E-state index is 12.3. The fourth-order valence-corrected chi connectivity index (χ4v) is 2.98. The molecule has 1 amide bonds. The summed E-state index contributed by atoms with van der Waals surface area (Å²) in [6.07, 6.45) is 5.31. The van der Waals surface area contributed by atoms with Crippen LogP contribution in [-0.4, -0.2) is 55.0 Å². The zero-order valence-electron chi connectivity index (χ0n) is 13.7. The first-order chi connectivity index (χ1) is 9.96. The van der Waals surface area contributed by atoms with Gasteiger partial charge in [-0.25, -0.2) is 4.79 Å². The lowest BCUT2D eigenvalue weighted by molar-refractivity contribution is 0.00868. The van der Waals surface area contributed by atoms with Gasteiger partial charge in [0.05, 0.1) is 0 Å². The third-order valence-corrected chi connectivity index (χ3v) is 4.12. The number of amides is 1. The van der Waals surface area contributed by atoms with E-state index in [0.29, 0.717) is 6.04 Å². The van der Waals surface area contributed by atoms with E-state index in [2.05, 4.69) is 5.32 Å². The first-order valence-corrected chi connectivity index (χ1v) is 8.26. The van der Waals surface area contributed by atoms with Crippen LogP contribution in [0.2, 0.25) is 0 Å². The van der Waals surface area contributed by atoms with E-state index in [4.69, 9.17) is 9.47 Å². The lowest BCUT2D eigenvalue weighted by atomic mass is 10.0. The summed E-state index contributed by atoms with van der Waals surface area (Å²) in [6.45, 7) is 9.13. The van der Waals surface area contributed by atoms with Crippen LogP contribution in [-0.2, 0) is 9.47 Å². The van der Waals surface area contributed by atoms with Crippen molar-refractivity contribution in [1.82, 2.24) is 10.2 Å². The monoisotopic (exact) mass is 298 g/mol. The van der Waals surface area contributed by atoms with Gasteiger partial charge in [-0.3, -0.25) is 0 Å². The topological polar surface area (TPSA) is 50.8 Å². The number of nitrogens with one attached hydrogen (secondary N) is 1. The molecule has 0 spiro atoms. The lowest BCUT2D eigenvalue weighted by Gasteiger charge is -2.38. The molecule has 2 fully saturated rings. The molecule has 0 bridgehead atoms. The van der Waals surface area contributed by atoms with Gasteiger partial charge in [-0.15, -0.1) is 0 Å². The molecule has 0 saturated carbocycles. The van der Waals surface area contributed by atoms with Crippen LogP contribution in [0, 0.1) is 0 Å². The van der Waals surface area contributed by atoms with Crippen LogP contribution in [0.25, 0.3) is 0 Å². The first kappa shape index (κ1) is 16.6. The summed E-state index contributed by atoms with van der Waals surface area (Å²) in [6, 6.07) is 0.789. The number of hydrogen-bond acceptors (Lipinski definition) is 4. The Bertz CT molecular complexity index is 335. The number of carbonyl (C=O) groups is 1. The molecular formula is C16H30N2O3. The summed E-state index contributed by atoms with van der Waals surface area (Å²) < 4.78 is 10.9. The van der Waals surface area contributed by atoms with E-state index in [1.807, 2.05) is 25.7 Å². The Kier molecular flexibility index (Phi) is 5.88. The minimum atomic E-state index is -0.423. The van der Waals surface area contributed by atoms with Crippen molar-refractivity contribution < 1.29 is 14.3 Å². The second-order valence-corrected chi connectivity index (χ2v) is 7.12. The van der Waals surface area contributed by atoms with E-state index in [9.17, 15) is 4.79 Å². The Hall–Kier alpha value is -0.810. The largest absolute Gasteiger partial charge is 0.444 e. The highest BCUT2D eigenvalue weighted by Gasteiger charge is 2.30. The standard InChI is InChI=1S/C16H30N2O3/c1-16(2,3)21-15(19)18-9-5-4-6-14(18)12-17-13-7-10-20-11-8-13/h13-14,17H,4-12H2,1-3H3. The Labute approximate surface area is 128 Å². The molecule has 0 aromatic heterocycles. The molecule has 1 unspecified atom stereocenters. The number of carbonyl (C=O) groups excluding carboxylic acids is 1. The summed E-state index contributed by atoms with van der Waals surface area (Å²) in [7, 11) is 0. The minimum Gasteiger partial charge on any atom is -0.444 e. The molecule has 2 heterocycles. The van der Waals surface area contributed by atoms with Gasteiger partial charge in [-0.1, -0.05) is 0 Å². The molecule has 2 saturated heterocycles. The van der Waals surface area contributed by atoms with Crippen molar-refractivity contribution >= 4 is 6.09 Å². The highest BCUT2D eigenvalue weighted by Crippen LogP contribution is 2.20. The van der Waals surface area contributed by atoms with Gasteiger partial charge in [-0.2, -0.15) is 0 Å². The summed E-state index contributed by atoms with van der Waals surface area (Å²) in [5.74, 6) is 0. The lowest BCUT2D eigenvalue weighted by Crippen LogP contribution is -2.51. The van der Waals surface area contributed by atoms with Gasteiger partial charge < -0.3 is 19.7 Å². The van der Waals surface area contributed by atoms with Crippen LogP contribution < -0.4 is 5.32 Å². The third-order valence-electron chi connectivity index (χ3n) is 4.12. The van der Waals surface area contributed by atoms with Crippen molar-refractivity contribution in [3.8, 4) is 0 Å². The predicted molar refractivity (Wildman–Crippen MR) is 82.4 cm³/mol. The molecule has 2 rings (SSSR count). The second-order valence-electron chi connectivity index (χ2n) is 7.12. The third kappa shape index (κ3) is 5.47. The minimum absolute atomic E-state index is 0.166. The number of piperidine rings is 1. The van der Waals surface area contributed by atoms with Gasteiger partial charge in [0.2, 0.25) is 0 Å². The smallest absolute Gasteiger partial charge is 0.410 e. The van der Waals surface area contributed by atoms with Gasteiger partial charge in [0, 0.05) is 38.4 Å². The fraction of sp³-hybridized carbons (Fsp3) is 0.938. The zero-order chi connectivity index (χ0) is 15.3. The Morgan fingerprint density at radius 1 is 1.24 bits per heavy atom. The molecule has 2 aliphatic rings. The molecule has 21 heavy (non-hydrogen) atoms. The second kappa shape index (κ2) is 7.45. The first-order valence-electron chi connectivity index (χ1n) is 8.26. The maximum atomic E-state index is 12.3. The molecule has 5 heteroatoms. The Balaban J connectivity index is 1.84. The van der Waals surface area contributed by atoms with Crippen molar-refractivity contribution in [2.45, 2.75) is 70.6 Å². The predicted octanol–water partition coefficient (Wildman–Crippen LogP) is 2.54. The summed E-state index contributed by atoms with van der Waals surface area (Å²) in [5, 5.41) is 3.61. The van der Waals surface area contributed by atoms with Gasteiger partial charge in [0.25, 0.3) is 0 Å². The molecule has 2 aliphatic heterocycles. The van der Waals surface area contributed by atoms with Gasteiger partial charge >= 0.3 is 6.09 Å². The molecule has 1 N–H and O–H groups in total. The van der Waals surface area contributed by atoms with Crippen LogP contribution in [0.15, 0.2) is 0 Å². The average molecular weight is 298 g/mol. The Morgan fingerprint density at radius 2 is 1.95 bits per heavy atom. The van der Waals surface area contributed by atoms with Crippen molar-refractivity contribution in [2.24, 2.45) is 0 Å². The maximum Gasteiger partial charge on any atom is 0.410 e. The Morgan fingerprint density at radius 3 is 2.62 bits per heavy atom. The number of hydrogen-bond donors (Lipinski definition) is 1. The molecule has 5 nitrogen and oxygen atoms in total. The number of nitrogens with zero attached hydrogens (tertiary/aromatic N) is 1. The van der Waals surface area contributed by atoms with Crippen molar-refractivity contribution in [3.05, 3.63) is 0 Å². The zero-order valence-corrected chi connectivity index (χ0v) is 13.7. The molecule has 0 aromatic carbocycles. The average Bonchev–Trinajstić information content (AvgIpc) is 2.45. The van der Waals surface area contributed by atoms with E-state index >= 15 is 0 Å². The molecule has 0 aromatic rings. The van der Waals surface area contributed by atoms with Crippen molar-refractivity contribution in [1.29, 1.82) is 0 Å². The van der Waals surface area contributed by atoms with Crippen molar-refractivity contribution in [2.75, 3.05) is 26.3 Å². The van der Waals surface area contributed by atoms with Gasteiger partial charge in [0.1, 0.15) is 5.60 Å². The van der Waals surface area contributed by atoms with Crippen molar-refractivity contribution in [3.63, 3.8) is 0 Å². The SMILES string of the molecule is CC(C)(C)OC(=O)N1CCCCC1CNC1CCOCC1. The molecule has 1 atom stereocenters. The van der Waals surface area contributed by atoms with Gasteiger partial charge in [0.15, 0.2) is 0 Å². The normalized spacial score (nSPS) is 24.9. The molecule has 122 valence electrons. The summed E-state index contributed by atoms with van der Waals surface area (Å²) >= 11 is 0. The van der Waals surface area contributed by atoms with E-state index in [1.54, 1.807) is 0 Å². The molecular weight excluding hydrogens is 268 g/mol. The highest BCUT2D eigenvalue weighted by atomic mass is 16.6. The van der Waals surface area contributed by atoms with Gasteiger partial charge in [-0.05, 0) is 52.9 Å². The number of ether oxygens (including phenoxy) is 2. The highest BCUT2D eigenvalue weighted by molar-refractivity contribution is 5.68. The molecule has 0 radical (unpaired) electrons. The van der Waals surface area contributed by atoms with Crippen LogP contribution in [0.1, 0.15) is 52.9 Å². The van der Waals surface area contributed by atoms with E-state index in [0.717, 1.165) is 52.0 Å². The summed E-state index contributed by atoms with van der Waals surface area (Å²) in [5.41, 5.74) is -0.423. The van der Waals surface area contributed by atoms with E-state index in [-0.39, 0.29) is 12.1 Å². The van der Waals surface area contributed by atoms with E-state index in [1.165, 1.54) is 6.42 Å².